The van der Waals surface area contributed by atoms with Gasteiger partial charge in [-0.1, -0.05) is 109 Å². The molecule has 11 heteroatoms. The van der Waals surface area contributed by atoms with Crippen LogP contribution in [0.4, 0.5) is 5.69 Å². The van der Waals surface area contributed by atoms with Gasteiger partial charge in [-0.2, -0.15) is 0 Å². The zero-order valence-corrected chi connectivity index (χ0v) is 40.1. The van der Waals surface area contributed by atoms with Crippen molar-refractivity contribution in [1.82, 2.24) is 9.80 Å². The Labute approximate surface area is 386 Å². The molecule has 6 atom stereocenters. The fourth-order valence-corrected chi connectivity index (χ4v) is 10.2. The lowest BCUT2D eigenvalue weighted by Gasteiger charge is -2.34. The summed E-state index contributed by atoms with van der Waals surface area (Å²) in [6.07, 6.45) is 5.04. The van der Waals surface area contributed by atoms with Gasteiger partial charge >= 0.3 is 11.9 Å². The predicted octanol–water partition coefficient (Wildman–Crippen LogP) is 8.94. The molecule has 2 unspecified atom stereocenters. The van der Waals surface area contributed by atoms with Crippen LogP contribution in [0.5, 0.6) is 0 Å². The first kappa shape index (κ1) is 49.1. The highest BCUT2D eigenvalue weighted by atomic mass is 16.5. The molecule has 3 fully saturated rings. The molecule has 0 spiro atoms. The minimum Gasteiger partial charge on any atom is -0.469 e. The van der Waals surface area contributed by atoms with Gasteiger partial charge in [0.15, 0.2) is 11.6 Å². The SMILES string of the molecule is COC(=O)C[C@H](C(=O)N1CCCC1C(=O)Cc1ccc(C2CC[C@@H](c3ccc(CC(=O)[C@@H]4CCCN4C(=O)[C@@H](CC(=O)OC)C(C)C)cc3)N2c2ccc(C(C)(C)C)cc2)cc1)C(C)C. The molecule has 0 N–H and O–H groups in total. The van der Waals surface area contributed by atoms with Crippen molar-refractivity contribution in [2.45, 2.75) is 142 Å². The second-order valence-electron chi connectivity index (χ2n) is 20.2. The Morgan fingerprint density at radius 3 is 1.29 bits per heavy atom. The van der Waals surface area contributed by atoms with Gasteiger partial charge < -0.3 is 24.2 Å². The van der Waals surface area contributed by atoms with Gasteiger partial charge in [0, 0.05) is 31.6 Å². The third kappa shape index (κ3) is 11.6. The van der Waals surface area contributed by atoms with Crippen LogP contribution in [-0.4, -0.2) is 84.5 Å². The molecule has 0 radical (unpaired) electrons. The van der Waals surface area contributed by atoms with Crippen LogP contribution < -0.4 is 4.90 Å². The third-order valence-electron chi connectivity index (χ3n) is 14.2. The Morgan fingerprint density at radius 1 is 0.569 bits per heavy atom. The van der Waals surface area contributed by atoms with E-state index in [0.29, 0.717) is 25.9 Å². The molecule has 3 aliphatic rings. The molecule has 65 heavy (non-hydrogen) atoms. The molecule has 11 nitrogen and oxygen atoms in total. The van der Waals surface area contributed by atoms with Gasteiger partial charge in [0.1, 0.15) is 0 Å². The number of ether oxygens (including phenoxy) is 2. The lowest BCUT2D eigenvalue weighted by Crippen LogP contribution is -2.45. The van der Waals surface area contributed by atoms with Crippen molar-refractivity contribution in [3.8, 4) is 0 Å². The zero-order valence-electron chi connectivity index (χ0n) is 40.1. The van der Waals surface area contributed by atoms with Gasteiger partial charge in [0.2, 0.25) is 11.8 Å². The lowest BCUT2D eigenvalue weighted by atomic mass is 9.87. The van der Waals surface area contributed by atoms with Crippen molar-refractivity contribution in [3.63, 3.8) is 0 Å². The topological polar surface area (TPSA) is 131 Å². The Morgan fingerprint density at radius 2 is 0.954 bits per heavy atom. The van der Waals surface area contributed by atoms with Crippen LogP contribution in [-0.2, 0) is 56.5 Å². The number of ketones is 2. The highest BCUT2D eigenvalue weighted by Gasteiger charge is 2.41. The van der Waals surface area contributed by atoms with E-state index in [4.69, 9.17) is 9.47 Å². The molecule has 6 rings (SSSR count). The molecular formula is C54H71N3O8. The van der Waals surface area contributed by atoms with Gasteiger partial charge in [-0.05, 0) is 95.7 Å². The molecule has 3 aromatic carbocycles. The average Bonchev–Trinajstić information content (AvgIpc) is 4.08. The number of Topliss-reactive ketones (excluding diaryl/α,β-unsaturated/α-hetero) is 2. The van der Waals surface area contributed by atoms with Crippen molar-refractivity contribution in [2.75, 3.05) is 32.2 Å². The van der Waals surface area contributed by atoms with Crippen LogP contribution >= 0.6 is 0 Å². The van der Waals surface area contributed by atoms with E-state index in [2.05, 4.69) is 74.2 Å². The number of hydrogen-bond donors (Lipinski definition) is 0. The Kier molecular flexibility index (Phi) is 16.1. The van der Waals surface area contributed by atoms with Crippen LogP contribution in [0.15, 0.2) is 72.8 Å². The summed E-state index contributed by atoms with van der Waals surface area (Å²) >= 11 is 0. The number of anilines is 1. The largest absolute Gasteiger partial charge is 0.469 e. The number of benzene rings is 3. The summed E-state index contributed by atoms with van der Waals surface area (Å²) < 4.78 is 9.74. The van der Waals surface area contributed by atoms with E-state index >= 15 is 0 Å². The Hall–Kier alpha value is -5.32. The number of amides is 2. The van der Waals surface area contributed by atoms with Crippen LogP contribution in [0.25, 0.3) is 0 Å². The number of hydrogen-bond acceptors (Lipinski definition) is 9. The van der Waals surface area contributed by atoms with Gasteiger partial charge in [0.05, 0.1) is 63.1 Å². The van der Waals surface area contributed by atoms with Crippen molar-refractivity contribution in [3.05, 3.63) is 101 Å². The first-order valence-electron chi connectivity index (χ1n) is 23.8. The van der Waals surface area contributed by atoms with Crippen LogP contribution in [0, 0.1) is 23.7 Å². The molecular weight excluding hydrogens is 819 g/mol. The number of rotatable bonds is 17. The first-order chi connectivity index (χ1) is 30.9. The molecule has 2 amide bonds. The first-order valence-corrected chi connectivity index (χ1v) is 23.8. The van der Waals surface area contributed by atoms with Gasteiger partial charge in [0.25, 0.3) is 0 Å². The Balaban J connectivity index is 1.17. The van der Waals surface area contributed by atoms with E-state index in [-0.39, 0.29) is 78.4 Å². The maximum Gasteiger partial charge on any atom is 0.306 e. The maximum atomic E-state index is 13.8. The minimum absolute atomic E-state index is 0.00315. The standard InChI is InChI=1S/C54H71N3O8/c1-34(2)42(32-50(60)64-8)52(62)55-28-10-12-46(55)48(58)30-36-14-18-38(19-15-36)44-26-27-45(57(44)41-24-22-40(23-25-41)54(5,6)7)39-20-16-37(17-21-39)31-49(59)47-13-11-29-56(47)53(63)43(35(3)4)33-51(61)65-9/h14-25,34-35,42-47H,10-13,26-33H2,1-9H3/t42-,43-,44-,45?,46-,47?/m0/s1. The second-order valence-corrected chi connectivity index (χ2v) is 20.2. The molecule has 0 aliphatic carbocycles. The van der Waals surface area contributed by atoms with E-state index in [1.807, 2.05) is 52.0 Å². The van der Waals surface area contributed by atoms with Gasteiger partial charge in [-0.25, -0.2) is 0 Å². The van der Waals surface area contributed by atoms with E-state index < -0.39 is 35.9 Å². The fraction of sp³-hybridized carbons (Fsp3) is 0.556. The quantitative estimate of drug-likeness (QED) is 0.122. The van der Waals surface area contributed by atoms with E-state index in [1.165, 1.54) is 19.8 Å². The number of carbonyl (C=O) groups excluding carboxylic acids is 6. The monoisotopic (exact) mass is 890 g/mol. The van der Waals surface area contributed by atoms with Crippen LogP contribution in [0.3, 0.4) is 0 Å². The van der Waals surface area contributed by atoms with E-state index in [9.17, 15) is 28.8 Å². The molecule has 0 saturated carbocycles. The predicted molar refractivity (Wildman–Crippen MR) is 252 cm³/mol. The van der Waals surface area contributed by atoms with Crippen molar-refractivity contribution >= 4 is 41.0 Å². The number of carbonyl (C=O) groups is 6. The second kappa shape index (κ2) is 21.3. The molecule has 3 aromatic rings. The minimum atomic E-state index is -0.531. The zero-order chi connectivity index (χ0) is 47.2. The molecule has 0 aromatic heterocycles. The summed E-state index contributed by atoms with van der Waals surface area (Å²) in [5.74, 6) is -2.31. The number of esters is 2. The average molecular weight is 890 g/mol. The highest BCUT2D eigenvalue weighted by Crippen LogP contribution is 2.47. The summed E-state index contributed by atoms with van der Waals surface area (Å²) in [6, 6.07) is 24.8. The third-order valence-corrected chi connectivity index (χ3v) is 14.2. The van der Waals surface area contributed by atoms with Crippen molar-refractivity contribution < 1.29 is 38.2 Å². The molecule has 3 heterocycles. The summed E-state index contributed by atoms with van der Waals surface area (Å²) in [6.45, 7) is 15.4. The number of methoxy groups -OCH3 is 2. The maximum absolute atomic E-state index is 13.8. The highest BCUT2D eigenvalue weighted by molar-refractivity contribution is 5.93. The van der Waals surface area contributed by atoms with Crippen LogP contribution in [0.1, 0.15) is 140 Å². The normalized spacial score (nSPS) is 20.9. The van der Waals surface area contributed by atoms with Crippen molar-refractivity contribution in [2.24, 2.45) is 23.7 Å². The number of nitrogens with zero attached hydrogens (tertiary/aromatic N) is 3. The van der Waals surface area contributed by atoms with Crippen LogP contribution in [0.2, 0.25) is 0 Å². The van der Waals surface area contributed by atoms with Crippen molar-refractivity contribution in [1.29, 1.82) is 0 Å². The summed E-state index contributed by atoms with van der Waals surface area (Å²) in [5, 5.41) is 0. The summed E-state index contributed by atoms with van der Waals surface area (Å²) in [5.41, 5.74) is 6.51. The lowest BCUT2D eigenvalue weighted by molar-refractivity contribution is -0.149. The fourth-order valence-electron chi connectivity index (χ4n) is 10.2. The summed E-state index contributed by atoms with van der Waals surface area (Å²) in [7, 11) is 2.65. The smallest absolute Gasteiger partial charge is 0.306 e. The molecule has 3 saturated heterocycles. The molecule has 3 aliphatic heterocycles. The van der Waals surface area contributed by atoms with Gasteiger partial charge in [-0.15, -0.1) is 0 Å². The molecule has 350 valence electrons. The van der Waals surface area contributed by atoms with Gasteiger partial charge in [-0.3, -0.25) is 28.8 Å². The molecule has 0 bridgehead atoms. The Bertz CT molecular complexity index is 2030. The summed E-state index contributed by atoms with van der Waals surface area (Å²) in [4.78, 5) is 85.1. The van der Waals surface area contributed by atoms with E-state index in [1.54, 1.807) is 9.80 Å². The number of likely N-dealkylation sites (tertiary alicyclic amines) is 2. The van der Waals surface area contributed by atoms with E-state index in [0.717, 1.165) is 53.6 Å².